The number of hydrogen-bond acceptors (Lipinski definition) is 20. The van der Waals surface area contributed by atoms with Crippen molar-refractivity contribution in [2.75, 3.05) is 132 Å². The van der Waals surface area contributed by atoms with Gasteiger partial charge in [0.05, 0.1) is 84.0 Å². The molecule has 288 valence electrons. The van der Waals surface area contributed by atoms with Crippen LogP contribution in [0.4, 0.5) is 0 Å². The smallest absolute Gasteiger partial charge is 0.307 e. The zero-order valence-electron chi connectivity index (χ0n) is 28.7. The van der Waals surface area contributed by atoms with E-state index >= 15 is 0 Å². The summed E-state index contributed by atoms with van der Waals surface area (Å²) in [5, 5.41) is 11.4. The van der Waals surface area contributed by atoms with Gasteiger partial charge in [-0.2, -0.15) is 0 Å². The summed E-state index contributed by atoms with van der Waals surface area (Å²) in [7, 11) is 0. The summed E-state index contributed by atoms with van der Waals surface area (Å²) in [5.41, 5.74) is 20.5. The summed E-state index contributed by atoms with van der Waals surface area (Å²) in [5.74, 6) is -1.61. The summed E-state index contributed by atoms with van der Waals surface area (Å²) < 4.78 is 44.2. The third kappa shape index (κ3) is 30.0. The van der Waals surface area contributed by atoms with E-state index in [9.17, 15) is 19.2 Å². The molecule has 0 aromatic carbocycles. The van der Waals surface area contributed by atoms with E-state index in [-0.39, 0.29) is 132 Å². The second kappa shape index (κ2) is 33.9. The van der Waals surface area contributed by atoms with Crippen LogP contribution in [-0.2, 0) is 57.1 Å². The molecule has 20 nitrogen and oxygen atoms in total. The molecule has 0 bridgehead atoms. The molecule has 0 rings (SSSR count). The molecule has 0 aliphatic heterocycles. The summed E-state index contributed by atoms with van der Waals surface area (Å²) >= 11 is 0. The molecule has 0 unspecified atom stereocenters. The van der Waals surface area contributed by atoms with Crippen molar-refractivity contribution in [2.45, 2.75) is 25.7 Å². The number of rotatable bonds is 36. The molecule has 0 aliphatic rings. The van der Waals surface area contributed by atoms with Crippen molar-refractivity contribution in [1.82, 2.24) is 21.3 Å². The fourth-order valence-electron chi connectivity index (χ4n) is 3.72. The van der Waals surface area contributed by atoms with E-state index in [0.717, 1.165) is 0 Å². The van der Waals surface area contributed by atoms with Crippen LogP contribution in [-0.4, -0.2) is 156 Å². The minimum absolute atomic E-state index is 0.0129. The lowest BCUT2D eigenvalue weighted by Crippen LogP contribution is -2.43. The third-order valence-corrected chi connectivity index (χ3v) is 6.20. The van der Waals surface area contributed by atoms with E-state index in [2.05, 4.69) is 21.3 Å². The molecule has 20 heteroatoms. The van der Waals surface area contributed by atoms with Gasteiger partial charge in [-0.25, -0.2) is 0 Å². The predicted molar refractivity (Wildman–Crippen MR) is 176 cm³/mol. The van der Waals surface area contributed by atoms with Crippen molar-refractivity contribution >= 4 is 23.9 Å². The first-order valence-corrected chi connectivity index (χ1v) is 16.4. The number of ether oxygens (including phenoxy) is 8. The first-order valence-electron chi connectivity index (χ1n) is 16.4. The monoisotopic (exact) mass is 712 g/mol. The van der Waals surface area contributed by atoms with E-state index in [1.54, 1.807) is 0 Å². The molecule has 0 aromatic heterocycles. The molecule has 0 saturated carbocycles. The van der Waals surface area contributed by atoms with Gasteiger partial charge in [-0.1, -0.05) is 0 Å². The van der Waals surface area contributed by atoms with Gasteiger partial charge >= 0.3 is 23.9 Å². The van der Waals surface area contributed by atoms with Crippen molar-refractivity contribution in [3.63, 3.8) is 0 Å². The molecule has 0 fully saturated rings. The molecule has 0 aromatic rings. The quantitative estimate of drug-likeness (QED) is 0.0132. The largest absolute Gasteiger partial charge is 0.463 e. The molecule has 0 radical (unpaired) electrons. The normalized spacial score (nSPS) is 11.3. The van der Waals surface area contributed by atoms with Gasteiger partial charge in [-0.15, -0.1) is 0 Å². The van der Waals surface area contributed by atoms with Crippen LogP contribution >= 0.6 is 0 Å². The van der Waals surface area contributed by atoms with Gasteiger partial charge in [0.15, 0.2) is 0 Å². The molecule has 0 spiro atoms. The third-order valence-electron chi connectivity index (χ3n) is 6.20. The van der Waals surface area contributed by atoms with Crippen LogP contribution in [0.3, 0.4) is 0 Å². The highest BCUT2D eigenvalue weighted by molar-refractivity contribution is 5.70. The standard InChI is InChI=1S/C29H60N8O12/c30-21-34-5-1-25(38)46-13-9-42-17-29(18-43-10-14-47-26(39)2-6-35-22-31,19-44-11-15-48-27(40)3-7-36-23-32)20-45-12-16-49-28(41)4-8-37-24-33/h34-37H,1-24,30-33H2. The molecule has 0 heterocycles. The molecule has 0 aliphatic carbocycles. The molecule has 0 amide bonds. The first-order chi connectivity index (χ1) is 23.8. The highest BCUT2D eigenvalue weighted by Crippen LogP contribution is 2.21. The topological polar surface area (TPSA) is 294 Å². The Hall–Kier alpha value is -2.60. The lowest BCUT2D eigenvalue weighted by molar-refractivity contribution is -0.151. The van der Waals surface area contributed by atoms with E-state index < -0.39 is 29.3 Å². The van der Waals surface area contributed by atoms with Crippen LogP contribution in [0.2, 0.25) is 0 Å². The Labute approximate surface area is 288 Å². The Balaban J connectivity index is 5.23. The summed E-state index contributed by atoms with van der Waals surface area (Å²) in [6.07, 6.45) is 0.639. The van der Waals surface area contributed by atoms with Gasteiger partial charge in [0.1, 0.15) is 26.4 Å². The highest BCUT2D eigenvalue weighted by atomic mass is 16.6. The van der Waals surface area contributed by atoms with Crippen LogP contribution in [0.15, 0.2) is 0 Å². The van der Waals surface area contributed by atoms with Crippen molar-refractivity contribution in [3.05, 3.63) is 0 Å². The SMILES string of the molecule is NCNCCC(=O)OCCOCC(COCCOC(=O)CCNCN)(COCCOC(=O)CCNCN)COCCOC(=O)CCNCN. The maximum absolute atomic E-state index is 11.9. The number of nitrogens with two attached hydrogens (primary N) is 4. The molecule has 49 heavy (non-hydrogen) atoms. The average molecular weight is 713 g/mol. The van der Waals surface area contributed by atoms with E-state index in [0.29, 0.717) is 26.2 Å². The number of nitrogens with one attached hydrogen (secondary N) is 4. The molecular weight excluding hydrogens is 652 g/mol. The number of carbonyl (C=O) groups excluding carboxylic acids is 4. The average Bonchev–Trinajstić information content (AvgIpc) is 3.08. The van der Waals surface area contributed by atoms with Crippen LogP contribution in [0.25, 0.3) is 0 Å². The second-order valence-electron chi connectivity index (χ2n) is 10.4. The van der Waals surface area contributed by atoms with Crippen molar-refractivity contribution in [3.8, 4) is 0 Å². The molecular formula is C29H60N8O12. The second-order valence-corrected chi connectivity index (χ2v) is 10.4. The predicted octanol–water partition coefficient (Wildman–Crippen LogP) is -4.20. The number of carbonyl (C=O) groups is 4. The Morgan fingerprint density at radius 1 is 0.388 bits per heavy atom. The summed E-state index contributed by atoms with van der Waals surface area (Å²) in [4.78, 5) is 47.6. The minimum atomic E-state index is -0.909. The van der Waals surface area contributed by atoms with Gasteiger partial charge in [0.25, 0.3) is 0 Å². The lowest BCUT2D eigenvalue weighted by atomic mass is 9.92. The van der Waals surface area contributed by atoms with Gasteiger partial charge in [-0.3, -0.25) is 19.2 Å². The minimum Gasteiger partial charge on any atom is -0.463 e. The molecule has 0 atom stereocenters. The fraction of sp³-hybridized carbons (Fsp3) is 0.862. The summed E-state index contributed by atoms with van der Waals surface area (Å²) in [6.45, 7) is 3.17. The lowest BCUT2D eigenvalue weighted by Gasteiger charge is -2.33. The molecule has 12 N–H and O–H groups in total. The summed E-state index contributed by atoms with van der Waals surface area (Å²) in [6, 6.07) is 0. The molecule has 0 saturated heterocycles. The highest BCUT2D eigenvalue weighted by Gasteiger charge is 2.33. The Kier molecular flexibility index (Phi) is 32.1. The van der Waals surface area contributed by atoms with E-state index in [1.165, 1.54) is 0 Å². The zero-order chi connectivity index (χ0) is 36.3. The van der Waals surface area contributed by atoms with Gasteiger partial charge in [-0.05, 0) is 0 Å². The number of esters is 4. The first kappa shape index (κ1) is 46.4. The van der Waals surface area contributed by atoms with Crippen LogP contribution in [0, 0.1) is 5.41 Å². The van der Waals surface area contributed by atoms with Crippen LogP contribution < -0.4 is 44.2 Å². The maximum Gasteiger partial charge on any atom is 0.307 e. The van der Waals surface area contributed by atoms with Crippen LogP contribution in [0.1, 0.15) is 25.7 Å². The fourth-order valence-corrected chi connectivity index (χ4v) is 3.72. The van der Waals surface area contributed by atoms with Gasteiger partial charge in [0, 0.05) is 52.9 Å². The van der Waals surface area contributed by atoms with Crippen LogP contribution in [0.5, 0.6) is 0 Å². The van der Waals surface area contributed by atoms with Gasteiger partial charge < -0.3 is 82.1 Å². The maximum atomic E-state index is 11.9. The van der Waals surface area contributed by atoms with Crippen molar-refractivity contribution < 1.29 is 57.1 Å². The Morgan fingerprint density at radius 3 is 0.816 bits per heavy atom. The Morgan fingerprint density at radius 2 is 0.612 bits per heavy atom. The van der Waals surface area contributed by atoms with Gasteiger partial charge in [0.2, 0.25) is 0 Å². The number of hydrogen-bond donors (Lipinski definition) is 8. The zero-order valence-corrected chi connectivity index (χ0v) is 28.7. The van der Waals surface area contributed by atoms with Crippen molar-refractivity contribution in [2.24, 2.45) is 28.3 Å². The van der Waals surface area contributed by atoms with E-state index in [1.807, 2.05) is 0 Å². The Bertz CT molecular complexity index is 714. The van der Waals surface area contributed by atoms with Crippen molar-refractivity contribution in [1.29, 1.82) is 0 Å². The van der Waals surface area contributed by atoms with E-state index in [4.69, 9.17) is 60.8 Å².